The van der Waals surface area contributed by atoms with Gasteiger partial charge in [0.15, 0.2) is 6.21 Å². The van der Waals surface area contributed by atoms with E-state index in [-0.39, 0.29) is 12.4 Å². The largest absolute Gasteiger partial charge is 1.00 e. The molecule has 1 rings (SSSR count). The van der Waals surface area contributed by atoms with Gasteiger partial charge in [0.05, 0.1) is 0 Å². The molecule has 1 aromatic rings. The second kappa shape index (κ2) is 6.43. The molecule has 0 aromatic heterocycles. The zero-order chi connectivity index (χ0) is 7.94. The molecule has 0 saturated carbocycles. The first-order valence-corrected chi connectivity index (χ1v) is 3.45. The first-order chi connectivity index (χ1) is 5.43. The number of halogens is 1. The second-order valence-corrected chi connectivity index (χ2v) is 2.06. The molecule has 3 heteroatoms. The zero-order valence-electron chi connectivity index (χ0n) is 6.57. The topological polar surface area (TPSA) is 40.0 Å². The lowest BCUT2D eigenvalue weighted by atomic mass is 10.3. The molecule has 0 aliphatic heterocycles. The molecule has 0 radical (unpaired) electrons. The lowest BCUT2D eigenvalue weighted by molar-refractivity contribution is -0.346. The fraction of sp³-hybridized carbons (Fsp3) is 0. The molecular formula is C9H11ClN2. The third kappa shape index (κ3) is 3.78. The summed E-state index contributed by atoms with van der Waals surface area (Å²) in [6, 6.07) is 9.90. The lowest BCUT2D eigenvalue weighted by Gasteiger charge is -1.80. The van der Waals surface area contributed by atoms with Gasteiger partial charge >= 0.3 is 0 Å². The van der Waals surface area contributed by atoms with Crippen molar-refractivity contribution in [2.75, 3.05) is 0 Å². The average molecular weight is 183 g/mol. The number of hydrogen-bond acceptors (Lipinski definition) is 1. The smallest absolute Gasteiger partial charge is 0.203 e. The minimum Gasteiger partial charge on any atom is -1.00 e. The second-order valence-electron chi connectivity index (χ2n) is 2.06. The highest BCUT2D eigenvalue weighted by molar-refractivity contribution is 5.65. The summed E-state index contributed by atoms with van der Waals surface area (Å²) in [4.78, 5) is 3.05. The molecule has 1 aromatic carbocycles. The highest BCUT2D eigenvalue weighted by atomic mass is 35.5. The van der Waals surface area contributed by atoms with E-state index in [0.29, 0.717) is 0 Å². The molecule has 64 valence electrons. The normalized spacial score (nSPS) is 10.3. The summed E-state index contributed by atoms with van der Waals surface area (Å²) < 4.78 is 0. The van der Waals surface area contributed by atoms with Crippen molar-refractivity contribution in [3.63, 3.8) is 0 Å². The minimum atomic E-state index is 0. The molecule has 0 aliphatic carbocycles. The summed E-state index contributed by atoms with van der Waals surface area (Å²) in [7, 11) is 0. The van der Waals surface area contributed by atoms with Gasteiger partial charge in [-0.05, 0) is 6.20 Å². The van der Waals surface area contributed by atoms with E-state index in [9.17, 15) is 0 Å². The predicted molar refractivity (Wildman–Crippen MR) is 46.5 cm³/mol. The summed E-state index contributed by atoms with van der Waals surface area (Å²) in [5.74, 6) is 0. The van der Waals surface area contributed by atoms with Crippen molar-refractivity contribution in [1.29, 1.82) is 0 Å². The monoisotopic (exact) mass is 182 g/mol. The van der Waals surface area contributed by atoms with E-state index in [1.165, 1.54) is 6.20 Å². The molecule has 0 amide bonds. The number of nitrogens with one attached hydrogen (secondary N) is 1. The van der Waals surface area contributed by atoms with Gasteiger partial charge in [-0.1, -0.05) is 18.2 Å². The van der Waals surface area contributed by atoms with E-state index in [1.54, 1.807) is 12.3 Å². The molecule has 0 bridgehead atoms. The predicted octanol–water partition coefficient (Wildman–Crippen LogP) is -3.05. The van der Waals surface area contributed by atoms with E-state index >= 15 is 0 Å². The molecule has 2 nitrogen and oxygen atoms in total. The van der Waals surface area contributed by atoms with E-state index < -0.39 is 0 Å². The van der Waals surface area contributed by atoms with Crippen LogP contribution in [0.1, 0.15) is 0 Å². The van der Waals surface area contributed by atoms with Crippen LogP contribution in [-0.4, -0.2) is 6.21 Å². The van der Waals surface area contributed by atoms with Gasteiger partial charge in [-0.15, -0.1) is 0 Å². The number of rotatable bonds is 2. The Labute approximate surface area is 78.2 Å². The number of para-hydroxylation sites is 1. The Morgan fingerprint density at radius 2 is 1.83 bits per heavy atom. The van der Waals surface area contributed by atoms with Crippen LogP contribution in [0, 0.1) is 0 Å². The van der Waals surface area contributed by atoms with Gasteiger partial charge in [0.25, 0.3) is 0 Å². The van der Waals surface area contributed by atoms with Gasteiger partial charge in [-0.2, -0.15) is 0 Å². The standard InChI is InChI=1S/C9H10N2.ClH/c10-7-4-8-11-9-5-2-1-3-6-9;/h1-8H,10H2;1H/b7-4+,11-8?;. The van der Waals surface area contributed by atoms with Crippen molar-refractivity contribution in [3.8, 4) is 0 Å². The van der Waals surface area contributed by atoms with Crippen molar-refractivity contribution in [2.45, 2.75) is 0 Å². The molecule has 0 heterocycles. The minimum absolute atomic E-state index is 0. The Morgan fingerprint density at radius 3 is 2.42 bits per heavy atom. The van der Waals surface area contributed by atoms with Gasteiger partial charge in [0.1, 0.15) is 0 Å². The third-order valence-electron chi connectivity index (χ3n) is 1.23. The summed E-state index contributed by atoms with van der Waals surface area (Å²) in [6.07, 6.45) is 5.01. The fourth-order valence-corrected chi connectivity index (χ4v) is 0.734. The number of hydrogen-bond donors (Lipinski definition) is 2. The maximum Gasteiger partial charge on any atom is 0.203 e. The van der Waals surface area contributed by atoms with Crippen LogP contribution in [0.5, 0.6) is 0 Å². The van der Waals surface area contributed by atoms with E-state index in [2.05, 4.69) is 4.99 Å². The Hall–Kier alpha value is -1.28. The van der Waals surface area contributed by atoms with Crippen LogP contribution in [0.15, 0.2) is 42.6 Å². The van der Waals surface area contributed by atoms with Crippen LogP contribution in [0.3, 0.4) is 0 Å². The summed E-state index contributed by atoms with van der Waals surface area (Å²) in [5, 5.41) is 0. The van der Waals surface area contributed by atoms with Crippen LogP contribution in [0.25, 0.3) is 0 Å². The van der Waals surface area contributed by atoms with Crippen molar-refractivity contribution >= 4 is 11.9 Å². The zero-order valence-corrected chi connectivity index (χ0v) is 7.33. The first kappa shape index (κ1) is 10.7. The number of benzene rings is 1. The third-order valence-corrected chi connectivity index (χ3v) is 1.23. The van der Waals surface area contributed by atoms with Crippen LogP contribution < -0.4 is 23.1 Å². The summed E-state index contributed by atoms with van der Waals surface area (Å²) in [5.41, 5.74) is 6.20. The molecule has 3 N–H and O–H groups in total. The van der Waals surface area contributed by atoms with Crippen molar-refractivity contribution in [3.05, 3.63) is 42.6 Å². The molecule has 0 unspecified atom stereocenters. The molecule has 12 heavy (non-hydrogen) atoms. The van der Waals surface area contributed by atoms with Crippen molar-refractivity contribution < 1.29 is 17.4 Å². The van der Waals surface area contributed by atoms with Crippen molar-refractivity contribution in [1.82, 2.24) is 0 Å². The van der Waals surface area contributed by atoms with Gasteiger partial charge < -0.3 is 18.1 Å². The Balaban J connectivity index is 0.00000121. The average Bonchev–Trinajstić information content (AvgIpc) is 2.07. The Bertz CT molecular complexity index is 254. The van der Waals surface area contributed by atoms with E-state index in [0.717, 1.165) is 5.69 Å². The molecule has 0 fully saturated rings. The molecule has 0 aliphatic rings. The van der Waals surface area contributed by atoms with Crippen LogP contribution >= 0.6 is 0 Å². The maximum atomic E-state index is 5.14. The van der Waals surface area contributed by atoms with Gasteiger partial charge in [-0.25, -0.2) is 4.99 Å². The van der Waals surface area contributed by atoms with Crippen LogP contribution in [-0.2, 0) is 0 Å². The Morgan fingerprint density at radius 1 is 1.17 bits per heavy atom. The quantitative estimate of drug-likeness (QED) is 0.469. The van der Waals surface area contributed by atoms with Crippen molar-refractivity contribution in [2.24, 2.45) is 5.73 Å². The van der Waals surface area contributed by atoms with Crippen LogP contribution in [0.4, 0.5) is 5.69 Å². The first-order valence-electron chi connectivity index (χ1n) is 3.45. The SMILES string of the molecule is N/C=C/C=[NH+]c1ccccc1.[Cl-]. The number of nitrogens with two attached hydrogens (primary N) is 1. The highest BCUT2D eigenvalue weighted by Gasteiger charge is 1.86. The number of allylic oxidation sites excluding steroid dienone is 1. The van der Waals surface area contributed by atoms with Gasteiger partial charge in [0.2, 0.25) is 5.69 Å². The van der Waals surface area contributed by atoms with Gasteiger partial charge in [0, 0.05) is 18.2 Å². The molecule has 0 spiro atoms. The lowest BCUT2D eigenvalue weighted by Crippen LogP contribution is -3.00. The summed E-state index contributed by atoms with van der Waals surface area (Å²) >= 11 is 0. The molecule has 0 saturated heterocycles. The summed E-state index contributed by atoms with van der Waals surface area (Å²) in [6.45, 7) is 0. The molecule has 0 atom stereocenters. The Kier molecular flexibility index (Phi) is 5.75. The maximum absolute atomic E-state index is 5.14. The highest BCUT2D eigenvalue weighted by Crippen LogP contribution is 1.94. The fourth-order valence-electron chi connectivity index (χ4n) is 0.734. The van der Waals surface area contributed by atoms with Crippen LogP contribution in [0.2, 0.25) is 0 Å². The van der Waals surface area contributed by atoms with Gasteiger partial charge in [-0.3, -0.25) is 0 Å². The van der Waals surface area contributed by atoms with E-state index in [1.807, 2.05) is 30.3 Å². The molecular weight excluding hydrogens is 172 g/mol. The van der Waals surface area contributed by atoms with E-state index in [4.69, 9.17) is 5.73 Å².